The van der Waals surface area contributed by atoms with E-state index < -0.39 is 0 Å². The van der Waals surface area contributed by atoms with Crippen molar-refractivity contribution >= 4 is 28.8 Å². The maximum absolute atomic E-state index is 11.9. The molecule has 2 amide bonds. The predicted molar refractivity (Wildman–Crippen MR) is 94.0 cm³/mol. The van der Waals surface area contributed by atoms with Crippen molar-refractivity contribution in [2.45, 2.75) is 13.8 Å². The number of H-pyrrole nitrogens is 1. The second-order valence-electron chi connectivity index (χ2n) is 5.35. The fourth-order valence-electron chi connectivity index (χ4n) is 2.48. The normalized spacial score (nSPS) is 11.0. The number of para-hydroxylation sites is 2. The summed E-state index contributed by atoms with van der Waals surface area (Å²) in [6.45, 7) is 3.92. The highest BCUT2D eigenvalue weighted by Gasteiger charge is 2.06. The molecule has 116 valence electrons. The first-order chi connectivity index (χ1) is 11.1. The average Bonchev–Trinajstić information content (AvgIpc) is 2.86. The van der Waals surface area contributed by atoms with Crippen LogP contribution in [0.5, 0.6) is 0 Å². The monoisotopic (exact) mass is 306 g/mol. The molecule has 0 fully saturated rings. The fourth-order valence-corrected chi connectivity index (χ4v) is 2.48. The van der Waals surface area contributed by atoms with Gasteiger partial charge in [0, 0.05) is 27.8 Å². The van der Waals surface area contributed by atoms with E-state index in [9.17, 15) is 4.79 Å². The second-order valence-corrected chi connectivity index (χ2v) is 5.35. The van der Waals surface area contributed by atoms with E-state index in [-0.39, 0.29) is 6.03 Å². The van der Waals surface area contributed by atoms with Crippen molar-refractivity contribution in [1.82, 2.24) is 10.4 Å². The van der Waals surface area contributed by atoms with Crippen molar-refractivity contribution in [1.29, 1.82) is 0 Å². The molecule has 0 aliphatic heterocycles. The van der Waals surface area contributed by atoms with Crippen LogP contribution in [0.4, 0.5) is 10.5 Å². The first-order valence-corrected chi connectivity index (χ1v) is 7.38. The molecule has 0 bridgehead atoms. The summed E-state index contributed by atoms with van der Waals surface area (Å²) in [5.74, 6) is 0. The zero-order valence-corrected chi connectivity index (χ0v) is 13.1. The van der Waals surface area contributed by atoms with E-state index in [4.69, 9.17) is 0 Å². The van der Waals surface area contributed by atoms with Gasteiger partial charge in [-0.3, -0.25) is 0 Å². The molecule has 1 heterocycles. The molecule has 0 spiro atoms. The molecule has 3 N–H and O–H groups in total. The van der Waals surface area contributed by atoms with E-state index in [1.807, 2.05) is 62.4 Å². The molecule has 0 unspecified atom stereocenters. The standard InChI is InChI=1S/C18H18N4O/c1-12-7-3-5-9-16(12)21-18(23)22-19-11-15-13(2)20-17-10-6-4-8-14(15)17/h3-11,20H,1-2H3,(H2,21,22,23)/b19-11+. The number of amides is 2. The molecule has 5 nitrogen and oxygen atoms in total. The number of aryl methyl sites for hydroxylation is 2. The topological polar surface area (TPSA) is 69.3 Å². The van der Waals surface area contributed by atoms with Gasteiger partial charge in [0.25, 0.3) is 0 Å². The average molecular weight is 306 g/mol. The molecule has 23 heavy (non-hydrogen) atoms. The van der Waals surface area contributed by atoms with Crippen LogP contribution in [0.15, 0.2) is 53.6 Å². The highest BCUT2D eigenvalue weighted by molar-refractivity contribution is 6.01. The molecule has 3 rings (SSSR count). The van der Waals surface area contributed by atoms with E-state index in [0.29, 0.717) is 0 Å². The third kappa shape index (κ3) is 3.23. The molecular weight excluding hydrogens is 288 g/mol. The van der Waals surface area contributed by atoms with Gasteiger partial charge in [0.05, 0.1) is 6.21 Å². The quantitative estimate of drug-likeness (QED) is 0.498. The molecule has 0 saturated carbocycles. The highest BCUT2D eigenvalue weighted by atomic mass is 16.2. The summed E-state index contributed by atoms with van der Waals surface area (Å²) in [6, 6.07) is 15.2. The van der Waals surface area contributed by atoms with Gasteiger partial charge in [0.15, 0.2) is 0 Å². The molecule has 2 aromatic carbocycles. The number of carbonyl (C=O) groups is 1. The van der Waals surface area contributed by atoms with Gasteiger partial charge in [-0.05, 0) is 31.5 Å². The number of aromatic nitrogens is 1. The maximum atomic E-state index is 11.9. The van der Waals surface area contributed by atoms with Crippen molar-refractivity contribution in [2.75, 3.05) is 5.32 Å². The van der Waals surface area contributed by atoms with Gasteiger partial charge in [-0.15, -0.1) is 0 Å². The van der Waals surface area contributed by atoms with Crippen LogP contribution in [0.3, 0.4) is 0 Å². The van der Waals surface area contributed by atoms with E-state index in [1.54, 1.807) is 6.21 Å². The zero-order valence-electron chi connectivity index (χ0n) is 13.1. The van der Waals surface area contributed by atoms with Gasteiger partial charge in [0.2, 0.25) is 0 Å². The number of rotatable bonds is 3. The Balaban J connectivity index is 1.70. The van der Waals surface area contributed by atoms with E-state index in [2.05, 4.69) is 20.8 Å². The Kier molecular flexibility index (Phi) is 4.10. The van der Waals surface area contributed by atoms with Crippen LogP contribution < -0.4 is 10.7 Å². The summed E-state index contributed by atoms with van der Waals surface area (Å²) in [4.78, 5) is 15.2. The van der Waals surface area contributed by atoms with E-state index in [1.165, 1.54) is 0 Å². The Morgan fingerprint density at radius 2 is 1.83 bits per heavy atom. The summed E-state index contributed by atoms with van der Waals surface area (Å²) in [7, 11) is 0. The highest BCUT2D eigenvalue weighted by Crippen LogP contribution is 2.19. The van der Waals surface area contributed by atoms with Crippen molar-refractivity contribution in [3.63, 3.8) is 0 Å². The number of urea groups is 1. The Bertz CT molecular complexity index is 880. The summed E-state index contributed by atoms with van der Waals surface area (Å²) in [6.07, 6.45) is 1.66. The van der Waals surface area contributed by atoms with Gasteiger partial charge in [0.1, 0.15) is 0 Å². The number of fused-ring (bicyclic) bond motifs is 1. The van der Waals surface area contributed by atoms with Gasteiger partial charge < -0.3 is 10.3 Å². The van der Waals surface area contributed by atoms with Gasteiger partial charge in [-0.25, -0.2) is 10.2 Å². The minimum atomic E-state index is -0.368. The number of nitrogens with zero attached hydrogens (tertiary/aromatic N) is 1. The predicted octanol–water partition coefficient (Wildman–Crippen LogP) is 3.94. The minimum Gasteiger partial charge on any atom is -0.358 e. The molecule has 5 heteroatoms. The van der Waals surface area contributed by atoms with Crippen LogP contribution in [0.2, 0.25) is 0 Å². The second kappa shape index (κ2) is 6.36. The smallest absolute Gasteiger partial charge is 0.339 e. The Morgan fingerprint density at radius 3 is 2.65 bits per heavy atom. The molecule has 0 atom stereocenters. The van der Waals surface area contributed by atoms with Crippen LogP contribution in [-0.4, -0.2) is 17.2 Å². The first kappa shape index (κ1) is 14.8. The molecule has 0 radical (unpaired) electrons. The number of hydrogen-bond donors (Lipinski definition) is 3. The van der Waals surface area contributed by atoms with E-state index in [0.717, 1.165) is 33.4 Å². The van der Waals surface area contributed by atoms with Crippen LogP contribution >= 0.6 is 0 Å². The summed E-state index contributed by atoms with van der Waals surface area (Å²) < 4.78 is 0. The summed E-state index contributed by atoms with van der Waals surface area (Å²) >= 11 is 0. The number of benzene rings is 2. The number of hydrogen-bond acceptors (Lipinski definition) is 2. The molecule has 0 aliphatic carbocycles. The molecule has 0 aliphatic rings. The zero-order chi connectivity index (χ0) is 16.2. The van der Waals surface area contributed by atoms with Crippen molar-refractivity contribution in [3.8, 4) is 0 Å². The number of anilines is 1. The lowest BCUT2D eigenvalue weighted by atomic mass is 10.1. The Hall–Kier alpha value is -3.08. The lowest BCUT2D eigenvalue weighted by Gasteiger charge is -2.06. The first-order valence-electron chi connectivity index (χ1n) is 7.38. The molecule has 0 saturated heterocycles. The van der Waals surface area contributed by atoms with Crippen molar-refractivity contribution < 1.29 is 4.79 Å². The van der Waals surface area contributed by atoms with Gasteiger partial charge in [-0.2, -0.15) is 5.10 Å². The molecular formula is C18H18N4O. The van der Waals surface area contributed by atoms with Crippen LogP contribution in [0, 0.1) is 13.8 Å². The van der Waals surface area contributed by atoms with Crippen LogP contribution in [0.1, 0.15) is 16.8 Å². The Labute approximate surface area is 134 Å². The third-order valence-electron chi connectivity index (χ3n) is 3.70. The van der Waals surface area contributed by atoms with Crippen molar-refractivity contribution in [2.24, 2.45) is 5.10 Å². The molecule has 1 aromatic heterocycles. The minimum absolute atomic E-state index is 0.368. The fraction of sp³-hybridized carbons (Fsp3) is 0.111. The van der Waals surface area contributed by atoms with Crippen LogP contribution in [-0.2, 0) is 0 Å². The lowest BCUT2D eigenvalue weighted by Crippen LogP contribution is -2.24. The summed E-state index contributed by atoms with van der Waals surface area (Å²) in [5, 5.41) is 7.89. The molecule has 3 aromatic rings. The van der Waals surface area contributed by atoms with Crippen LogP contribution in [0.25, 0.3) is 10.9 Å². The third-order valence-corrected chi connectivity index (χ3v) is 3.70. The maximum Gasteiger partial charge on any atom is 0.339 e. The number of carbonyl (C=O) groups excluding carboxylic acids is 1. The van der Waals surface area contributed by atoms with Gasteiger partial charge in [-0.1, -0.05) is 36.4 Å². The van der Waals surface area contributed by atoms with Crippen molar-refractivity contribution in [3.05, 3.63) is 65.4 Å². The van der Waals surface area contributed by atoms with Gasteiger partial charge >= 0.3 is 6.03 Å². The number of hydrazone groups is 1. The van der Waals surface area contributed by atoms with E-state index >= 15 is 0 Å². The number of nitrogens with one attached hydrogen (secondary N) is 3. The summed E-state index contributed by atoms with van der Waals surface area (Å²) in [5.41, 5.74) is 7.29. The largest absolute Gasteiger partial charge is 0.358 e. The number of aromatic amines is 1. The Morgan fingerprint density at radius 1 is 1.09 bits per heavy atom. The lowest BCUT2D eigenvalue weighted by molar-refractivity contribution is 0.252. The SMILES string of the molecule is Cc1ccccc1NC(=O)N/N=C/c1c(C)[nH]c2ccccc12.